The molecular formula is C36H42F2N6O4. The van der Waals surface area contributed by atoms with Gasteiger partial charge in [0.1, 0.15) is 17.2 Å². The van der Waals surface area contributed by atoms with Crippen LogP contribution in [0.4, 0.5) is 19.3 Å². The molecule has 1 fully saturated rings. The van der Waals surface area contributed by atoms with Crippen LogP contribution < -0.4 is 4.90 Å². The van der Waals surface area contributed by atoms with Crippen molar-refractivity contribution in [3.05, 3.63) is 88.2 Å². The van der Waals surface area contributed by atoms with E-state index < -0.39 is 28.7 Å². The van der Waals surface area contributed by atoms with Crippen molar-refractivity contribution in [1.82, 2.24) is 24.9 Å². The number of hydrogen-bond donors (Lipinski definition) is 0. The Morgan fingerprint density at radius 3 is 2.50 bits per heavy atom. The van der Waals surface area contributed by atoms with Gasteiger partial charge in [-0.3, -0.25) is 14.5 Å². The number of piperazine rings is 1. The zero-order valence-corrected chi connectivity index (χ0v) is 28.3. The number of hydrogen-bond acceptors (Lipinski definition) is 7. The summed E-state index contributed by atoms with van der Waals surface area (Å²) in [5.41, 5.74) is 2.48. The molecule has 1 saturated heterocycles. The molecule has 0 radical (unpaired) electrons. The molecule has 0 spiro atoms. The fourth-order valence-electron chi connectivity index (χ4n) is 6.86. The van der Waals surface area contributed by atoms with Crippen molar-refractivity contribution in [3.8, 4) is 0 Å². The van der Waals surface area contributed by atoms with E-state index in [2.05, 4.69) is 15.1 Å². The quantitative estimate of drug-likeness (QED) is 0.370. The van der Waals surface area contributed by atoms with Crippen LogP contribution in [0, 0.1) is 11.6 Å². The third-order valence-corrected chi connectivity index (χ3v) is 9.25. The molecule has 6 rings (SSSR count). The van der Waals surface area contributed by atoms with Gasteiger partial charge in [0.15, 0.2) is 0 Å². The summed E-state index contributed by atoms with van der Waals surface area (Å²) in [6.45, 7) is 13.3. The predicted molar refractivity (Wildman–Crippen MR) is 176 cm³/mol. The van der Waals surface area contributed by atoms with E-state index in [1.165, 1.54) is 12.1 Å². The summed E-state index contributed by atoms with van der Waals surface area (Å²) in [5, 5.41) is 8.78. The number of anilines is 1. The summed E-state index contributed by atoms with van der Waals surface area (Å²) in [7, 11) is 0. The van der Waals surface area contributed by atoms with Crippen molar-refractivity contribution >= 4 is 23.6 Å². The molecule has 0 N–H and O–H groups in total. The van der Waals surface area contributed by atoms with Crippen LogP contribution in [0.5, 0.6) is 0 Å². The Bertz CT molecular complexity index is 1760. The van der Waals surface area contributed by atoms with Gasteiger partial charge in [-0.1, -0.05) is 38.1 Å². The van der Waals surface area contributed by atoms with Crippen molar-refractivity contribution in [2.75, 3.05) is 37.6 Å². The van der Waals surface area contributed by atoms with Gasteiger partial charge in [-0.15, -0.1) is 0 Å². The summed E-state index contributed by atoms with van der Waals surface area (Å²) < 4.78 is 33.7. The minimum Gasteiger partial charge on any atom is -0.444 e. The second kappa shape index (κ2) is 12.5. The molecule has 4 heterocycles. The fourth-order valence-corrected chi connectivity index (χ4v) is 6.86. The molecule has 1 aromatic heterocycles. The van der Waals surface area contributed by atoms with Crippen LogP contribution in [-0.4, -0.2) is 93.2 Å². The van der Waals surface area contributed by atoms with E-state index in [9.17, 15) is 23.2 Å². The topological polar surface area (TPSA) is 99.2 Å². The molecule has 2 atom stereocenters. The van der Waals surface area contributed by atoms with Gasteiger partial charge in [-0.25, -0.2) is 13.6 Å². The highest BCUT2D eigenvalue weighted by Gasteiger charge is 2.43. The average Bonchev–Trinajstić information content (AvgIpc) is 3.46. The molecule has 3 aliphatic heterocycles. The molecule has 2 aromatic carbocycles. The zero-order chi connectivity index (χ0) is 34.5. The molecule has 254 valence electrons. The van der Waals surface area contributed by atoms with Crippen LogP contribution in [0.25, 0.3) is 0 Å². The molecule has 0 aliphatic carbocycles. The molecule has 0 unspecified atom stereocenters. The Balaban J connectivity index is 1.24. The first-order chi connectivity index (χ1) is 22.6. The number of nitrogens with zero attached hydrogens (tertiary/aromatic N) is 6. The third-order valence-electron chi connectivity index (χ3n) is 9.25. The minimum atomic E-state index is -0.674. The summed E-state index contributed by atoms with van der Waals surface area (Å²) in [6, 6.07) is 12.1. The smallest absolute Gasteiger partial charge is 0.410 e. The number of ether oxygens (including phenoxy) is 1. The number of rotatable bonds is 6. The number of benzene rings is 2. The maximum atomic E-state index is 14.5. The lowest BCUT2D eigenvalue weighted by Crippen LogP contribution is -2.63. The van der Waals surface area contributed by atoms with Crippen molar-refractivity contribution in [2.24, 2.45) is 0 Å². The number of amides is 3. The highest BCUT2D eigenvalue weighted by molar-refractivity contribution is 5.98. The Morgan fingerprint density at radius 2 is 1.79 bits per heavy atom. The zero-order valence-electron chi connectivity index (χ0n) is 28.3. The summed E-state index contributed by atoms with van der Waals surface area (Å²) in [4.78, 5) is 48.1. The van der Waals surface area contributed by atoms with Crippen molar-refractivity contribution in [2.45, 2.75) is 77.6 Å². The van der Waals surface area contributed by atoms with Gasteiger partial charge in [0.05, 0.1) is 23.6 Å². The average molecular weight is 661 g/mol. The molecule has 0 saturated carbocycles. The van der Waals surface area contributed by atoms with Gasteiger partial charge >= 0.3 is 6.09 Å². The Labute approximate surface area is 279 Å². The van der Waals surface area contributed by atoms with Crippen molar-refractivity contribution in [1.29, 1.82) is 0 Å². The minimum absolute atomic E-state index is 0.0475. The fraction of sp³-hybridized carbons (Fsp3) is 0.472. The molecule has 3 amide bonds. The molecular weight excluding hydrogens is 618 g/mol. The molecule has 48 heavy (non-hydrogen) atoms. The molecule has 3 aromatic rings. The van der Waals surface area contributed by atoms with Crippen molar-refractivity contribution in [3.63, 3.8) is 0 Å². The second-order valence-electron chi connectivity index (χ2n) is 14.8. The van der Waals surface area contributed by atoms with Crippen LogP contribution in [0.3, 0.4) is 0 Å². The molecule has 3 aliphatic rings. The first kappa shape index (κ1) is 33.5. The lowest BCUT2D eigenvalue weighted by Gasteiger charge is -2.46. The van der Waals surface area contributed by atoms with Crippen molar-refractivity contribution < 1.29 is 27.9 Å². The van der Waals surface area contributed by atoms with Gasteiger partial charge in [0.25, 0.3) is 5.91 Å². The van der Waals surface area contributed by atoms with Gasteiger partial charge in [-0.2, -0.15) is 10.2 Å². The SMILES string of the molecule is C[C@@H]1CN(CC(=O)N2CC(C)(C)c3nnc(Cc4ccc(F)cc4F)cc32)[C@@H](CN2Cc3ccccc3C2=O)CN1C(=O)OC(C)(C)C. The number of carbonyl (C=O) groups is 3. The maximum absolute atomic E-state index is 14.5. The largest absolute Gasteiger partial charge is 0.444 e. The maximum Gasteiger partial charge on any atom is 0.410 e. The summed E-state index contributed by atoms with van der Waals surface area (Å²) in [6.07, 6.45) is -0.339. The van der Waals surface area contributed by atoms with Crippen LogP contribution in [-0.2, 0) is 27.9 Å². The molecule has 0 bridgehead atoms. The Morgan fingerprint density at radius 1 is 1.04 bits per heavy atom. The monoisotopic (exact) mass is 660 g/mol. The standard InChI is InChI=1S/C36H42F2N6O4/c1-22-16-41(27(19-43(22)34(47)48-35(2,3)4)18-42-17-24-9-7-8-10-28(24)33(42)46)20-31(45)44-21-36(5,6)32-30(44)15-26(39-40-32)13-23-11-12-25(37)14-29(23)38/h7-12,14-15,22,27H,13,16-21H2,1-6H3/t22-,27+/m1/s1. The normalized spacial score (nSPS) is 20.6. The van der Waals surface area contributed by atoms with Gasteiger partial charge in [0.2, 0.25) is 5.91 Å². The van der Waals surface area contributed by atoms with Gasteiger partial charge < -0.3 is 19.4 Å². The van der Waals surface area contributed by atoms with Crippen LogP contribution in [0.2, 0.25) is 0 Å². The van der Waals surface area contributed by atoms with E-state index in [0.717, 1.165) is 11.6 Å². The summed E-state index contributed by atoms with van der Waals surface area (Å²) in [5.74, 6) is -1.56. The highest BCUT2D eigenvalue weighted by atomic mass is 19.1. The number of fused-ring (bicyclic) bond motifs is 2. The lowest BCUT2D eigenvalue weighted by atomic mass is 9.91. The summed E-state index contributed by atoms with van der Waals surface area (Å²) >= 11 is 0. The Hall–Kier alpha value is -4.45. The van der Waals surface area contributed by atoms with Crippen LogP contribution >= 0.6 is 0 Å². The van der Waals surface area contributed by atoms with E-state index in [-0.39, 0.29) is 49.0 Å². The third kappa shape index (κ3) is 6.76. The first-order valence-electron chi connectivity index (χ1n) is 16.3. The predicted octanol–water partition coefficient (Wildman–Crippen LogP) is 4.94. The highest BCUT2D eigenvalue weighted by Crippen LogP contribution is 2.39. The van der Waals surface area contributed by atoms with Gasteiger partial charge in [-0.05, 0) is 57.0 Å². The Kier molecular flexibility index (Phi) is 8.74. The number of carbonyl (C=O) groups excluding carboxylic acids is 3. The number of aromatic nitrogens is 2. The lowest BCUT2D eigenvalue weighted by molar-refractivity contribution is -0.121. The van der Waals surface area contributed by atoms with Crippen LogP contribution in [0.15, 0.2) is 48.5 Å². The van der Waals surface area contributed by atoms with Gasteiger partial charge in [0, 0.05) is 68.3 Å². The molecule has 12 heteroatoms. The van der Waals surface area contributed by atoms with E-state index >= 15 is 0 Å². The second-order valence-corrected chi connectivity index (χ2v) is 14.8. The van der Waals surface area contributed by atoms with E-state index in [1.807, 2.05) is 65.8 Å². The first-order valence-corrected chi connectivity index (χ1v) is 16.3. The van der Waals surface area contributed by atoms with E-state index in [0.29, 0.717) is 48.8 Å². The van der Waals surface area contributed by atoms with E-state index in [4.69, 9.17) is 4.74 Å². The van der Waals surface area contributed by atoms with Crippen LogP contribution in [0.1, 0.15) is 74.4 Å². The number of halogens is 2. The van der Waals surface area contributed by atoms with E-state index in [1.54, 1.807) is 20.8 Å². The molecule has 10 nitrogen and oxygen atoms in total.